The molecule has 1 aromatic rings. The number of methoxy groups -OCH3 is 2. The predicted molar refractivity (Wildman–Crippen MR) is 75.6 cm³/mol. The van der Waals surface area contributed by atoms with Gasteiger partial charge in [-0.05, 0) is 31.0 Å². The van der Waals surface area contributed by atoms with Crippen LogP contribution in [0.4, 0.5) is 5.69 Å². The minimum absolute atomic E-state index is 0.313. The number of carbonyl (C=O) groups is 2. The molecule has 0 aliphatic heterocycles. The Hall–Kier alpha value is -1.92. The minimum atomic E-state index is -0.656. The average Bonchev–Trinajstić information content (AvgIpc) is 2.45. The van der Waals surface area contributed by atoms with Gasteiger partial charge in [0, 0.05) is 19.4 Å². The van der Waals surface area contributed by atoms with Crippen LogP contribution < -0.4 is 11.1 Å². The standard InChI is InChI=1S/C14H20N2O4/c1-9-4-5-10(14(18)20-3)8-12(9)16-13(17)11(15)6-7-19-2/h4-5,8,11H,6-7,15H2,1-3H3,(H,16,17). The van der Waals surface area contributed by atoms with Crippen LogP contribution in [0, 0.1) is 6.92 Å². The Bertz CT molecular complexity index is 488. The Kier molecular flexibility index (Phi) is 6.14. The predicted octanol–water partition coefficient (Wildman–Crippen LogP) is 1.08. The van der Waals surface area contributed by atoms with Crippen LogP contribution in [-0.4, -0.2) is 38.7 Å². The van der Waals surface area contributed by atoms with Gasteiger partial charge in [0.05, 0.1) is 18.7 Å². The van der Waals surface area contributed by atoms with Crippen molar-refractivity contribution in [3.8, 4) is 0 Å². The highest BCUT2D eigenvalue weighted by Gasteiger charge is 2.15. The number of aryl methyl sites for hydroxylation is 1. The number of amides is 1. The molecule has 0 spiro atoms. The van der Waals surface area contributed by atoms with E-state index < -0.39 is 12.0 Å². The van der Waals surface area contributed by atoms with Crippen molar-refractivity contribution >= 4 is 17.6 Å². The monoisotopic (exact) mass is 280 g/mol. The normalized spacial score (nSPS) is 11.8. The second-order valence-corrected chi connectivity index (χ2v) is 4.40. The molecule has 1 aromatic carbocycles. The van der Waals surface area contributed by atoms with Crippen molar-refractivity contribution < 1.29 is 19.1 Å². The van der Waals surface area contributed by atoms with Gasteiger partial charge in [0.1, 0.15) is 0 Å². The van der Waals surface area contributed by atoms with Gasteiger partial charge >= 0.3 is 5.97 Å². The van der Waals surface area contributed by atoms with E-state index in [2.05, 4.69) is 10.1 Å². The molecule has 0 aliphatic rings. The molecule has 3 N–H and O–H groups in total. The lowest BCUT2D eigenvalue weighted by atomic mass is 10.1. The Morgan fingerprint density at radius 3 is 2.65 bits per heavy atom. The van der Waals surface area contributed by atoms with E-state index in [1.54, 1.807) is 25.3 Å². The van der Waals surface area contributed by atoms with Crippen LogP contribution in [0.15, 0.2) is 18.2 Å². The van der Waals surface area contributed by atoms with Crippen molar-refractivity contribution in [2.45, 2.75) is 19.4 Å². The van der Waals surface area contributed by atoms with Gasteiger partial charge in [-0.15, -0.1) is 0 Å². The van der Waals surface area contributed by atoms with Crippen LogP contribution in [0.2, 0.25) is 0 Å². The molecule has 1 rings (SSSR count). The van der Waals surface area contributed by atoms with Crippen molar-refractivity contribution in [1.82, 2.24) is 0 Å². The third-order valence-electron chi connectivity index (χ3n) is 2.89. The minimum Gasteiger partial charge on any atom is -0.465 e. The summed E-state index contributed by atoms with van der Waals surface area (Å²) < 4.78 is 9.52. The number of nitrogens with one attached hydrogen (secondary N) is 1. The number of carbonyl (C=O) groups excluding carboxylic acids is 2. The molecule has 0 radical (unpaired) electrons. The fraction of sp³-hybridized carbons (Fsp3) is 0.429. The lowest BCUT2D eigenvalue weighted by Gasteiger charge is -2.14. The molecule has 110 valence electrons. The third-order valence-corrected chi connectivity index (χ3v) is 2.89. The van der Waals surface area contributed by atoms with Crippen LogP contribution in [0.3, 0.4) is 0 Å². The molecule has 6 heteroatoms. The van der Waals surface area contributed by atoms with E-state index in [0.717, 1.165) is 5.56 Å². The summed E-state index contributed by atoms with van der Waals surface area (Å²) in [6.07, 6.45) is 0.429. The SMILES string of the molecule is COCCC(N)C(=O)Nc1cc(C(=O)OC)ccc1C. The average molecular weight is 280 g/mol. The number of rotatable bonds is 6. The second-order valence-electron chi connectivity index (χ2n) is 4.40. The Morgan fingerprint density at radius 2 is 2.05 bits per heavy atom. The number of hydrogen-bond acceptors (Lipinski definition) is 5. The topological polar surface area (TPSA) is 90.6 Å². The molecule has 6 nitrogen and oxygen atoms in total. The fourth-order valence-corrected chi connectivity index (χ4v) is 1.60. The van der Waals surface area contributed by atoms with Gasteiger partial charge < -0.3 is 20.5 Å². The zero-order chi connectivity index (χ0) is 15.1. The van der Waals surface area contributed by atoms with Gasteiger partial charge in [-0.25, -0.2) is 4.79 Å². The van der Waals surface area contributed by atoms with E-state index in [1.807, 2.05) is 6.92 Å². The molecule has 20 heavy (non-hydrogen) atoms. The number of ether oxygens (including phenoxy) is 2. The lowest BCUT2D eigenvalue weighted by molar-refractivity contribution is -0.117. The van der Waals surface area contributed by atoms with Gasteiger partial charge in [0.2, 0.25) is 5.91 Å². The summed E-state index contributed by atoms with van der Waals surface area (Å²) in [4.78, 5) is 23.4. The maximum Gasteiger partial charge on any atom is 0.337 e. The zero-order valence-electron chi connectivity index (χ0n) is 11.9. The second kappa shape index (κ2) is 7.62. The van der Waals surface area contributed by atoms with Gasteiger partial charge in [-0.3, -0.25) is 4.79 Å². The number of nitrogens with two attached hydrogens (primary N) is 1. The Labute approximate surface area is 118 Å². The van der Waals surface area contributed by atoms with Crippen LogP contribution in [-0.2, 0) is 14.3 Å². The van der Waals surface area contributed by atoms with Gasteiger partial charge in [-0.2, -0.15) is 0 Å². The molecular formula is C14H20N2O4. The molecule has 1 unspecified atom stereocenters. The lowest BCUT2D eigenvalue weighted by Crippen LogP contribution is -2.36. The first-order chi connectivity index (χ1) is 9.49. The van der Waals surface area contributed by atoms with E-state index in [4.69, 9.17) is 10.5 Å². The zero-order valence-corrected chi connectivity index (χ0v) is 11.9. The highest BCUT2D eigenvalue weighted by atomic mass is 16.5. The molecule has 1 amide bonds. The van der Waals surface area contributed by atoms with Gasteiger partial charge in [0.25, 0.3) is 0 Å². The van der Waals surface area contributed by atoms with Crippen LogP contribution in [0.1, 0.15) is 22.3 Å². The van der Waals surface area contributed by atoms with Crippen molar-refractivity contribution in [2.24, 2.45) is 5.73 Å². The van der Waals surface area contributed by atoms with E-state index in [9.17, 15) is 9.59 Å². The van der Waals surface area contributed by atoms with Crippen molar-refractivity contribution in [2.75, 3.05) is 26.1 Å². The number of benzene rings is 1. The Morgan fingerprint density at radius 1 is 1.35 bits per heavy atom. The van der Waals surface area contributed by atoms with Crippen molar-refractivity contribution in [3.05, 3.63) is 29.3 Å². The van der Waals surface area contributed by atoms with Crippen LogP contribution in [0.25, 0.3) is 0 Å². The Balaban J connectivity index is 2.80. The summed E-state index contributed by atoms with van der Waals surface area (Å²) in [6.45, 7) is 2.24. The highest BCUT2D eigenvalue weighted by Crippen LogP contribution is 2.18. The maximum absolute atomic E-state index is 11.9. The molecule has 0 fully saturated rings. The van der Waals surface area contributed by atoms with Gasteiger partial charge in [-0.1, -0.05) is 6.07 Å². The first-order valence-electron chi connectivity index (χ1n) is 6.24. The first-order valence-corrected chi connectivity index (χ1v) is 6.24. The first kappa shape index (κ1) is 16.1. The summed E-state index contributed by atoms with van der Waals surface area (Å²) in [7, 11) is 2.86. The largest absolute Gasteiger partial charge is 0.465 e. The summed E-state index contributed by atoms with van der Waals surface area (Å²) in [5.41, 5.74) is 7.50. The number of anilines is 1. The quantitative estimate of drug-likeness (QED) is 0.761. The van der Waals surface area contributed by atoms with E-state index in [1.165, 1.54) is 7.11 Å². The molecule has 0 saturated heterocycles. The molecule has 1 atom stereocenters. The number of hydrogen-bond donors (Lipinski definition) is 2. The van der Waals surface area contributed by atoms with E-state index in [0.29, 0.717) is 24.3 Å². The summed E-state index contributed by atoms with van der Waals surface area (Å²) >= 11 is 0. The van der Waals surface area contributed by atoms with E-state index in [-0.39, 0.29) is 5.91 Å². The van der Waals surface area contributed by atoms with Crippen molar-refractivity contribution in [3.63, 3.8) is 0 Å². The molecule has 0 heterocycles. The molecule has 0 bridgehead atoms. The van der Waals surface area contributed by atoms with Crippen molar-refractivity contribution in [1.29, 1.82) is 0 Å². The maximum atomic E-state index is 11.9. The van der Waals surface area contributed by atoms with Crippen LogP contribution >= 0.6 is 0 Å². The third kappa shape index (κ3) is 4.32. The molecular weight excluding hydrogens is 260 g/mol. The summed E-state index contributed by atoms with van der Waals surface area (Å²) in [6, 6.07) is 4.29. The molecule has 0 saturated carbocycles. The van der Waals surface area contributed by atoms with Crippen LogP contribution in [0.5, 0.6) is 0 Å². The van der Waals surface area contributed by atoms with Gasteiger partial charge in [0.15, 0.2) is 0 Å². The summed E-state index contributed by atoms with van der Waals surface area (Å²) in [5, 5.41) is 2.71. The smallest absolute Gasteiger partial charge is 0.337 e. The molecule has 0 aromatic heterocycles. The summed E-state index contributed by atoms with van der Waals surface area (Å²) in [5.74, 6) is -0.767. The van der Waals surface area contributed by atoms with E-state index >= 15 is 0 Å². The molecule has 0 aliphatic carbocycles. The highest BCUT2D eigenvalue weighted by molar-refractivity contribution is 5.97. The number of esters is 1. The fourth-order valence-electron chi connectivity index (χ4n) is 1.60.